The van der Waals surface area contributed by atoms with Gasteiger partial charge in [0.25, 0.3) is 0 Å². The van der Waals surface area contributed by atoms with E-state index in [1.54, 1.807) is 0 Å². The fraction of sp³-hybridized carbons (Fsp3) is 0.733. The van der Waals surface area contributed by atoms with Gasteiger partial charge in [-0.05, 0) is 11.5 Å². The number of nitrogens with zero attached hydrogens (tertiary/aromatic N) is 5. The summed E-state index contributed by atoms with van der Waals surface area (Å²) >= 11 is 1.47. The molecule has 1 aliphatic rings. The molecule has 2 aromatic heterocycles. The molecule has 3 rings (SSSR count). The molecular formula is C15H23N5O2S. The zero-order valence-electron chi connectivity index (χ0n) is 14.0. The van der Waals surface area contributed by atoms with Crippen LogP contribution in [0.1, 0.15) is 68.2 Å². The lowest BCUT2D eigenvalue weighted by Crippen LogP contribution is -2.39. The molecule has 2 aromatic rings. The van der Waals surface area contributed by atoms with Gasteiger partial charge in [-0.3, -0.25) is 4.90 Å². The van der Waals surface area contributed by atoms with Crippen molar-refractivity contribution < 1.29 is 9.15 Å². The lowest BCUT2D eigenvalue weighted by molar-refractivity contribution is -0.0227. The largest absolute Gasteiger partial charge is 0.423 e. The first kappa shape index (κ1) is 16.5. The minimum absolute atomic E-state index is 0.0184. The summed E-state index contributed by atoms with van der Waals surface area (Å²) in [6.45, 7) is 11.1. The van der Waals surface area contributed by atoms with Gasteiger partial charge in [-0.1, -0.05) is 27.7 Å². The van der Waals surface area contributed by atoms with Gasteiger partial charge in [0.2, 0.25) is 11.8 Å². The molecule has 1 atom stereocenters. The Labute approximate surface area is 140 Å². The number of hydrogen-bond donors (Lipinski definition) is 0. The number of morpholine rings is 1. The average molecular weight is 337 g/mol. The van der Waals surface area contributed by atoms with Gasteiger partial charge >= 0.3 is 0 Å². The van der Waals surface area contributed by atoms with E-state index in [0.717, 1.165) is 23.9 Å². The van der Waals surface area contributed by atoms with Crippen LogP contribution in [0.5, 0.6) is 0 Å². The van der Waals surface area contributed by atoms with E-state index in [0.29, 0.717) is 30.9 Å². The highest BCUT2D eigenvalue weighted by Crippen LogP contribution is 2.27. The maximum atomic E-state index is 5.82. The molecular weight excluding hydrogens is 314 g/mol. The molecule has 0 amide bonds. The van der Waals surface area contributed by atoms with Crippen molar-refractivity contribution in [1.29, 1.82) is 0 Å². The second-order valence-electron chi connectivity index (χ2n) is 6.40. The first-order valence-electron chi connectivity index (χ1n) is 8.02. The molecule has 0 radical (unpaired) electrons. The fourth-order valence-corrected chi connectivity index (χ4v) is 3.22. The number of rotatable bonds is 5. The van der Waals surface area contributed by atoms with Gasteiger partial charge in [0, 0.05) is 18.4 Å². The third-order valence-electron chi connectivity index (χ3n) is 3.81. The van der Waals surface area contributed by atoms with E-state index in [1.807, 2.05) is 13.8 Å². The van der Waals surface area contributed by atoms with Crippen LogP contribution in [0.25, 0.3) is 0 Å². The van der Waals surface area contributed by atoms with Crippen LogP contribution in [-0.4, -0.2) is 44.2 Å². The molecule has 23 heavy (non-hydrogen) atoms. The van der Waals surface area contributed by atoms with Gasteiger partial charge in [0.05, 0.1) is 19.8 Å². The van der Waals surface area contributed by atoms with Crippen molar-refractivity contribution in [2.45, 2.75) is 52.1 Å². The van der Waals surface area contributed by atoms with E-state index in [9.17, 15) is 0 Å². The summed E-state index contributed by atoms with van der Waals surface area (Å²) in [5, 5.41) is 9.37. The minimum Gasteiger partial charge on any atom is -0.423 e. The van der Waals surface area contributed by atoms with Crippen molar-refractivity contribution in [3.05, 3.63) is 22.6 Å². The van der Waals surface area contributed by atoms with Crippen LogP contribution in [0, 0.1) is 0 Å². The zero-order chi connectivity index (χ0) is 16.4. The number of aromatic nitrogens is 4. The summed E-state index contributed by atoms with van der Waals surface area (Å²) in [6, 6.07) is -0.0184. The Morgan fingerprint density at radius 3 is 2.70 bits per heavy atom. The average Bonchev–Trinajstić information content (AvgIpc) is 3.17. The molecule has 126 valence electrons. The maximum absolute atomic E-state index is 5.82. The second kappa shape index (κ2) is 7.02. The molecule has 7 nitrogen and oxygen atoms in total. The molecule has 1 saturated heterocycles. The van der Waals surface area contributed by atoms with Crippen LogP contribution < -0.4 is 0 Å². The van der Waals surface area contributed by atoms with E-state index in [4.69, 9.17) is 9.15 Å². The standard InChI is InChI=1S/C15H23N5O2S/c1-9(2)13-16-12(23-19-13)7-20-5-6-21-8-11(20)15-18-17-14(22-15)10(3)4/h9-11H,5-8H2,1-4H3. The van der Waals surface area contributed by atoms with Gasteiger partial charge in [0.1, 0.15) is 16.9 Å². The quantitative estimate of drug-likeness (QED) is 0.830. The lowest BCUT2D eigenvalue weighted by Gasteiger charge is -2.32. The van der Waals surface area contributed by atoms with Gasteiger partial charge in [-0.2, -0.15) is 4.37 Å². The zero-order valence-corrected chi connectivity index (χ0v) is 14.8. The summed E-state index contributed by atoms with van der Waals surface area (Å²) in [6.07, 6.45) is 0. The SMILES string of the molecule is CC(C)c1nsc(CN2CCOCC2c2nnc(C(C)C)o2)n1. The molecule has 0 bridgehead atoms. The summed E-state index contributed by atoms with van der Waals surface area (Å²) in [4.78, 5) is 6.91. The highest BCUT2D eigenvalue weighted by molar-refractivity contribution is 7.05. The first-order valence-corrected chi connectivity index (χ1v) is 8.79. The highest BCUT2D eigenvalue weighted by Gasteiger charge is 2.30. The van der Waals surface area contributed by atoms with Crippen LogP contribution in [0.2, 0.25) is 0 Å². The van der Waals surface area contributed by atoms with Crippen LogP contribution in [0.4, 0.5) is 0 Å². The predicted octanol–water partition coefficient (Wildman–Crippen LogP) is 2.74. The number of ether oxygens (including phenoxy) is 1. The molecule has 0 spiro atoms. The first-order chi connectivity index (χ1) is 11.0. The van der Waals surface area contributed by atoms with E-state index < -0.39 is 0 Å². The molecule has 0 aromatic carbocycles. The van der Waals surface area contributed by atoms with Gasteiger partial charge < -0.3 is 9.15 Å². The Bertz CT molecular complexity index is 639. The van der Waals surface area contributed by atoms with Crippen molar-refractivity contribution in [1.82, 2.24) is 24.5 Å². The fourth-order valence-electron chi connectivity index (χ4n) is 2.41. The van der Waals surface area contributed by atoms with Crippen molar-refractivity contribution in [3.63, 3.8) is 0 Å². The third-order valence-corrected chi connectivity index (χ3v) is 4.52. The molecule has 8 heteroatoms. The van der Waals surface area contributed by atoms with Crippen LogP contribution in [-0.2, 0) is 11.3 Å². The van der Waals surface area contributed by atoms with E-state index in [2.05, 4.69) is 38.3 Å². The molecule has 3 heterocycles. The molecule has 0 N–H and O–H groups in total. The molecule has 1 aliphatic heterocycles. The third kappa shape index (κ3) is 3.76. The van der Waals surface area contributed by atoms with Crippen molar-refractivity contribution in [2.24, 2.45) is 0 Å². The minimum atomic E-state index is -0.0184. The summed E-state index contributed by atoms with van der Waals surface area (Å²) in [5.74, 6) is 2.79. The van der Waals surface area contributed by atoms with Gasteiger partial charge in [0.15, 0.2) is 0 Å². The second-order valence-corrected chi connectivity index (χ2v) is 7.23. The van der Waals surface area contributed by atoms with Crippen molar-refractivity contribution >= 4 is 11.5 Å². The Morgan fingerprint density at radius 1 is 1.22 bits per heavy atom. The summed E-state index contributed by atoms with van der Waals surface area (Å²) in [7, 11) is 0. The molecule has 0 saturated carbocycles. The van der Waals surface area contributed by atoms with Crippen LogP contribution in [0.3, 0.4) is 0 Å². The predicted molar refractivity (Wildman–Crippen MR) is 86.4 cm³/mol. The van der Waals surface area contributed by atoms with Gasteiger partial charge in [-0.25, -0.2) is 4.98 Å². The maximum Gasteiger partial charge on any atom is 0.236 e. The molecule has 1 fully saturated rings. The smallest absolute Gasteiger partial charge is 0.236 e. The van der Waals surface area contributed by atoms with E-state index in [1.165, 1.54) is 11.5 Å². The van der Waals surface area contributed by atoms with Crippen LogP contribution in [0.15, 0.2) is 4.42 Å². The molecule has 1 unspecified atom stereocenters. The van der Waals surface area contributed by atoms with E-state index >= 15 is 0 Å². The Morgan fingerprint density at radius 2 is 2.04 bits per heavy atom. The Balaban J connectivity index is 1.75. The molecule has 0 aliphatic carbocycles. The van der Waals surface area contributed by atoms with Crippen molar-refractivity contribution in [3.8, 4) is 0 Å². The Hall–Kier alpha value is -1.38. The summed E-state index contributed by atoms with van der Waals surface area (Å²) in [5.41, 5.74) is 0. The number of hydrogen-bond acceptors (Lipinski definition) is 8. The van der Waals surface area contributed by atoms with Crippen LogP contribution >= 0.6 is 11.5 Å². The highest BCUT2D eigenvalue weighted by atomic mass is 32.1. The monoisotopic (exact) mass is 337 g/mol. The van der Waals surface area contributed by atoms with E-state index in [-0.39, 0.29) is 12.0 Å². The normalized spacial score (nSPS) is 19.8. The van der Waals surface area contributed by atoms with Gasteiger partial charge in [-0.15, -0.1) is 10.2 Å². The Kier molecular flexibility index (Phi) is 5.03. The van der Waals surface area contributed by atoms with Crippen molar-refractivity contribution in [2.75, 3.05) is 19.8 Å². The topological polar surface area (TPSA) is 77.2 Å². The summed E-state index contributed by atoms with van der Waals surface area (Å²) < 4.78 is 15.9. The lowest BCUT2D eigenvalue weighted by atomic mass is 10.2.